The number of fused-ring (bicyclic) bond motifs is 7. The summed E-state index contributed by atoms with van der Waals surface area (Å²) in [5.74, 6) is 0.140. The molecule has 0 spiro atoms. The van der Waals surface area contributed by atoms with E-state index in [-0.39, 0.29) is 18.4 Å². The molecule has 2 atom stereocenters. The van der Waals surface area contributed by atoms with E-state index in [2.05, 4.69) is 22.8 Å². The van der Waals surface area contributed by atoms with Crippen molar-refractivity contribution in [2.45, 2.75) is 88.0 Å². The SMILES string of the molecule is CC(C)(C)OC(=O)c1ccc2c(C3CCCCC3)c3n(c2c1)CC1(S(=O)(=O)Oc2ccccc2)CC1c1ccccc1-3. The zero-order chi connectivity index (χ0) is 29.3. The van der Waals surface area contributed by atoms with Gasteiger partial charge in [0, 0.05) is 28.9 Å². The van der Waals surface area contributed by atoms with Gasteiger partial charge in [-0.2, -0.15) is 8.42 Å². The summed E-state index contributed by atoms with van der Waals surface area (Å²) in [5.41, 5.74) is 5.25. The number of para-hydroxylation sites is 1. The van der Waals surface area contributed by atoms with E-state index in [1.807, 2.05) is 51.1 Å². The average Bonchev–Trinajstić information content (AvgIpc) is 3.64. The maximum Gasteiger partial charge on any atom is 0.338 e. The Balaban J connectivity index is 1.45. The first kappa shape index (κ1) is 27.3. The van der Waals surface area contributed by atoms with Crippen LogP contribution in [0.3, 0.4) is 0 Å². The van der Waals surface area contributed by atoms with Crippen molar-refractivity contribution >= 4 is 27.0 Å². The van der Waals surface area contributed by atoms with E-state index >= 15 is 0 Å². The fourth-order valence-corrected chi connectivity index (χ4v) is 8.94. The highest BCUT2D eigenvalue weighted by atomic mass is 32.2. The van der Waals surface area contributed by atoms with Gasteiger partial charge >= 0.3 is 16.1 Å². The lowest BCUT2D eigenvalue weighted by molar-refractivity contribution is 0.00696. The van der Waals surface area contributed by atoms with Gasteiger partial charge in [0.05, 0.1) is 11.3 Å². The predicted molar refractivity (Wildman–Crippen MR) is 164 cm³/mol. The minimum atomic E-state index is -4.02. The molecular formula is C35H37NO5S. The summed E-state index contributed by atoms with van der Waals surface area (Å²) in [4.78, 5) is 13.2. The van der Waals surface area contributed by atoms with Crippen LogP contribution in [0.1, 0.15) is 92.6 Å². The molecule has 7 heteroatoms. The largest absolute Gasteiger partial charge is 0.456 e. The maximum atomic E-state index is 14.2. The van der Waals surface area contributed by atoms with Gasteiger partial charge in [-0.1, -0.05) is 67.8 Å². The predicted octanol–water partition coefficient (Wildman–Crippen LogP) is 7.96. The topological polar surface area (TPSA) is 74.6 Å². The van der Waals surface area contributed by atoms with E-state index in [1.165, 1.54) is 24.8 Å². The molecule has 1 aliphatic heterocycles. The first-order valence-electron chi connectivity index (χ1n) is 15.1. The smallest absolute Gasteiger partial charge is 0.338 e. The molecule has 42 heavy (non-hydrogen) atoms. The lowest BCUT2D eigenvalue weighted by atomic mass is 9.81. The molecule has 0 amide bonds. The van der Waals surface area contributed by atoms with Crippen molar-refractivity contribution < 1.29 is 22.1 Å². The van der Waals surface area contributed by atoms with Gasteiger partial charge in [0.2, 0.25) is 0 Å². The van der Waals surface area contributed by atoms with E-state index in [0.29, 0.717) is 23.7 Å². The first-order chi connectivity index (χ1) is 20.1. The van der Waals surface area contributed by atoms with Crippen LogP contribution in [0.2, 0.25) is 0 Å². The van der Waals surface area contributed by atoms with Crippen molar-refractivity contribution in [3.8, 4) is 17.0 Å². The Bertz CT molecular complexity index is 1790. The van der Waals surface area contributed by atoms with Crippen molar-refractivity contribution in [3.63, 3.8) is 0 Å². The van der Waals surface area contributed by atoms with Crippen LogP contribution >= 0.6 is 0 Å². The van der Waals surface area contributed by atoms with E-state index in [4.69, 9.17) is 8.92 Å². The highest BCUT2D eigenvalue weighted by Gasteiger charge is 2.67. The van der Waals surface area contributed by atoms with Crippen molar-refractivity contribution in [2.24, 2.45) is 0 Å². The second-order valence-corrected chi connectivity index (χ2v) is 15.1. The molecule has 2 heterocycles. The Morgan fingerprint density at radius 3 is 2.38 bits per heavy atom. The van der Waals surface area contributed by atoms with Crippen LogP contribution in [0.5, 0.6) is 5.75 Å². The van der Waals surface area contributed by atoms with Gasteiger partial charge in [0.15, 0.2) is 0 Å². The fraction of sp³-hybridized carbons (Fsp3) is 0.400. The van der Waals surface area contributed by atoms with Crippen molar-refractivity contribution in [2.75, 3.05) is 0 Å². The molecule has 0 bridgehead atoms. The number of aromatic nitrogens is 1. The molecule has 2 saturated carbocycles. The molecule has 0 radical (unpaired) electrons. The van der Waals surface area contributed by atoms with Gasteiger partial charge in [-0.3, -0.25) is 0 Å². The summed E-state index contributed by atoms with van der Waals surface area (Å²) in [6.07, 6.45) is 6.30. The molecule has 0 saturated heterocycles. The summed E-state index contributed by atoms with van der Waals surface area (Å²) < 4.78 is 40.9. The minimum Gasteiger partial charge on any atom is -0.456 e. The van der Waals surface area contributed by atoms with E-state index in [0.717, 1.165) is 40.6 Å². The number of hydrogen-bond donors (Lipinski definition) is 0. The third-order valence-electron chi connectivity index (χ3n) is 9.24. The molecule has 6 nitrogen and oxygen atoms in total. The second-order valence-electron chi connectivity index (χ2n) is 13.2. The lowest BCUT2D eigenvalue weighted by Crippen LogP contribution is -2.33. The number of nitrogens with zero attached hydrogens (tertiary/aromatic N) is 1. The first-order valence-corrected chi connectivity index (χ1v) is 16.5. The molecule has 1 aromatic heterocycles. The molecule has 3 aromatic carbocycles. The monoisotopic (exact) mass is 583 g/mol. The quantitative estimate of drug-likeness (QED) is 0.176. The Morgan fingerprint density at radius 1 is 0.929 bits per heavy atom. The molecular weight excluding hydrogens is 546 g/mol. The summed E-state index contributed by atoms with van der Waals surface area (Å²) in [5, 5.41) is 1.09. The van der Waals surface area contributed by atoms with Crippen LogP contribution in [-0.2, 0) is 21.4 Å². The zero-order valence-electron chi connectivity index (χ0n) is 24.4. The minimum absolute atomic E-state index is 0.175. The Labute approximate surface area is 247 Å². The molecule has 2 unspecified atom stereocenters. The number of carbonyl (C=O) groups excluding carboxylic acids is 1. The van der Waals surface area contributed by atoms with Crippen molar-refractivity contribution in [3.05, 3.63) is 89.5 Å². The van der Waals surface area contributed by atoms with Crippen molar-refractivity contribution in [1.29, 1.82) is 0 Å². The van der Waals surface area contributed by atoms with Crippen LogP contribution in [0, 0.1) is 0 Å². The van der Waals surface area contributed by atoms with Gasteiger partial charge in [-0.15, -0.1) is 0 Å². The summed E-state index contributed by atoms with van der Waals surface area (Å²) in [6.45, 7) is 5.84. The van der Waals surface area contributed by atoms with Gasteiger partial charge in [-0.05, 0) is 81.3 Å². The fourth-order valence-electron chi connectivity index (χ4n) is 7.28. The zero-order valence-corrected chi connectivity index (χ0v) is 25.2. The van der Waals surface area contributed by atoms with Gasteiger partial charge in [0.1, 0.15) is 16.1 Å². The second kappa shape index (κ2) is 9.73. The van der Waals surface area contributed by atoms with Gasteiger partial charge in [-0.25, -0.2) is 4.79 Å². The number of hydrogen-bond acceptors (Lipinski definition) is 5. The normalized spacial score (nSPS) is 22.0. The highest BCUT2D eigenvalue weighted by molar-refractivity contribution is 7.88. The number of carbonyl (C=O) groups is 1. The Hall–Kier alpha value is -3.58. The molecule has 7 rings (SSSR count). The number of esters is 1. The molecule has 0 N–H and O–H groups in total. The van der Waals surface area contributed by atoms with Crippen LogP contribution in [-0.4, -0.2) is 29.3 Å². The summed E-state index contributed by atoms with van der Waals surface area (Å²) in [7, 11) is -4.02. The van der Waals surface area contributed by atoms with Gasteiger partial charge < -0.3 is 13.5 Å². The summed E-state index contributed by atoms with van der Waals surface area (Å²) in [6, 6.07) is 22.9. The third kappa shape index (κ3) is 4.44. The van der Waals surface area contributed by atoms with Crippen LogP contribution in [0.15, 0.2) is 72.8 Å². The maximum absolute atomic E-state index is 14.2. The average molecular weight is 584 g/mol. The van der Waals surface area contributed by atoms with Crippen LogP contribution in [0.25, 0.3) is 22.2 Å². The third-order valence-corrected chi connectivity index (χ3v) is 11.2. The number of rotatable bonds is 5. The van der Waals surface area contributed by atoms with E-state index in [9.17, 15) is 13.2 Å². The van der Waals surface area contributed by atoms with E-state index in [1.54, 1.807) is 24.3 Å². The standard InChI is InChI=1S/C35H37NO5S/c1-34(2,3)40-33(37)24-18-19-28-30(20-24)36-22-35(42(38,39)41-25-14-8-5-9-15-25)21-29(35)26-16-10-11-17-27(26)32(36)31(28)23-12-6-4-7-13-23/h5,8-11,14-20,23,29H,4,6-7,12-13,21-22H2,1-3H3. The lowest BCUT2D eigenvalue weighted by Gasteiger charge is -2.24. The van der Waals surface area contributed by atoms with E-state index < -0.39 is 20.5 Å². The molecule has 3 aliphatic rings. The van der Waals surface area contributed by atoms with Gasteiger partial charge in [0.25, 0.3) is 0 Å². The van der Waals surface area contributed by atoms with Crippen molar-refractivity contribution in [1.82, 2.24) is 4.57 Å². The highest BCUT2D eigenvalue weighted by Crippen LogP contribution is 2.63. The molecule has 2 aliphatic carbocycles. The Morgan fingerprint density at radius 2 is 1.64 bits per heavy atom. The number of benzene rings is 3. The molecule has 4 aromatic rings. The van der Waals surface area contributed by atoms with Crippen LogP contribution in [0.4, 0.5) is 0 Å². The summed E-state index contributed by atoms with van der Waals surface area (Å²) >= 11 is 0. The Kier molecular flexibility index (Phi) is 6.32. The van der Waals surface area contributed by atoms with Crippen LogP contribution < -0.4 is 4.18 Å². The number of ether oxygens (including phenoxy) is 1. The molecule has 218 valence electrons. The molecule has 2 fully saturated rings.